The molecule has 0 aliphatic carbocycles. The molecule has 9 heteroatoms. The van der Waals surface area contributed by atoms with Gasteiger partial charge in [-0.3, -0.25) is 9.78 Å². The number of aromatic nitrogens is 3. The molecule has 0 unspecified atom stereocenters. The van der Waals surface area contributed by atoms with E-state index in [9.17, 15) is 9.59 Å². The maximum Gasteiger partial charge on any atom is 0.328 e. The van der Waals surface area contributed by atoms with Crippen LogP contribution in [-0.4, -0.2) is 46.0 Å². The number of methoxy groups -OCH3 is 1. The molecule has 2 aromatic heterocycles. The highest BCUT2D eigenvalue weighted by Gasteiger charge is 2.23. The van der Waals surface area contributed by atoms with Crippen molar-refractivity contribution in [3.63, 3.8) is 0 Å². The Hall–Kier alpha value is -2.42. The second kappa shape index (κ2) is 9.16. The van der Waals surface area contributed by atoms with Gasteiger partial charge in [0, 0.05) is 12.4 Å². The van der Waals surface area contributed by atoms with Gasteiger partial charge in [0.25, 0.3) is 5.22 Å². The molecule has 2 aromatic rings. The van der Waals surface area contributed by atoms with E-state index in [1.165, 1.54) is 7.11 Å². The summed E-state index contributed by atoms with van der Waals surface area (Å²) in [6.07, 6.45) is 3.77. The van der Waals surface area contributed by atoms with Crippen molar-refractivity contribution in [2.45, 2.75) is 31.5 Å². The average molecular weight is 364 g/mol. The van der Waals surface area contributed by atoms with Crippen LogP contribution in [0.3, 0.4) is 0 Å². The zero-order chi connectivity index (χ0) is 18.2. The Labute approximate surface area is 149 Å². The van der Waals surface area contributed by atoms with Crippen molar-refractivity contribution >= 4 is 23.6 Å². The van der Waals surface area contributed by atoms with Gasteiger partial charge in [0.1, 0.15) is 6.04 Å². The highest BCUT2D eigenvalue weighted by atomic mass is 32.2. The van der Waals surface area contributed by atoms with Gasteiger partial charge in [0.2, 0.25) is 11.8 Å². The minimum Gasteiger partial charge on any atom is -0.467 e. The largest absolute Gasteiger partial charge is 0.467 e. The number of amides is 1. The number of ether oxygens (including phenoxy) is 1. The molecule has 134 valence electrons. The van der Waals surface area contributed by atoms with Crippen molar-refractivity contribution in [1.29, 1.82) is 0 Å². The number of nitrogens with zero attached hydrogens (tertiary/aromatic N) is 3. The number of hydrogen-bond donors (Lipinski definition) is 1. The van der Waals surface area contributed by atoms with E-state index in [-0.39, 0.29) is 22.8 Å². The van der Waals surface area contributed by atoms with Crippen LogP contribution in [0.5, 0.6) is 0 Å². The summed E-state index contributed by atoms with van der Waals surface area (Å²) in [7, 11) is 1.30. The van der Waals surface area contributed by atoms with Crippen molar-refractivity contribution in [3.8, 4) is 11.5 Å². The quantitative estimate of drug-likeness (QED) is 0.559. The second-order valence-corrected chi connectivity index (χ2v) is 6.60. The molecule has 0 aliphatic rings. The summed E-state index contributed by atoms with van der Waals surface area (Å²) >= 11 is 1.10. The zero-order valence-electron chi connectivity index (χ0n) is 14.3. The number of carbonyl (C=O) groups is 2. The van der Waals surface area contributed by atoms with Crippen LogP contribution in [0.4, 0.5) is 0 Å². The highest BCUT2D eigenvalue weighted by Crippen LogP contribution is 2.22. The van der Waals surface area contributed by atoms with Gasteiger partial charge < -0.3 is 14.5 Å². The first kappa shape index (κ1) is 18.9. The lowest BCUT2D eigenvalue weighted by molar-refractivity contribution is -0.145. The first-order valence-corrected chi connectivity index (χ1v) is 8.72. The number of carbonyl (C=O) groups excluding carboxylic acids is 2. The van der Waals surface area contributed by atoms with E-state index in [0.29, 0.717) is 17.9 Å². The number of esters is 1. The summed E-state index contributed by atoms with van der Waals surface area (Å²) in [6, 6.07) is 2.91. The van der Waals surface area contributed by atoms with Gasteiger partial charge in [-0.25, -0.2) is 4.79 Å². The van der Waals surface area contributed by atoms with Crippen LogP contribution in [0.25, 0.3) is 11.5 Å². The Morgan fingerprint density at radius 3 is 2.80 bits per heavy atom. The van der Waals surface area contributed by atoms with Crippen LogP contribution in [-0.2, 0) is 14.3 Å². The van der Waals surface area contributed by atoms with Crippen molar-refractivity contribution in [3.05, 3.63) is 24.5 Å². The van der Waals surface area contributed by atoms with E-state index in [1.54, 1.807) is 24.5 Å². The zero-order valence-corrected chi connectivity index (χ0v) is 15.1. The lowest BCUT2D eigenvalue weighted by Crippen LogP contribution is -2.43. The molecule has 0 radical (unpaired) electrons. The van der Waals surface area contributed by atoms with Gasteiger partial charge in [0.15, 0.2) is 0 Å². The Kier molecular flexibility index (Phi) is 6.93. The Balaban J connectivity index is 1.89. The first-order chi connectivity index (χ1) is 12.0. The lowest BCUT2D eigenvalue weighted by Gasteiger charge is -2.17. The van der Waals surface area contributed by atoms with Crippen molar-refractivity contribution in [2.75, 3.05) is 12.9 Å². The molecule has 1 N–H and O–H groups in total. The molecule has 0 bridgehead atoms. The molecule has 25 heavy (non-hydrogen) atoms. The molecule has 0 spiro atoms. The van der Waals surface area contributed by atoms with Gasteiger partial charge >= 0.3 is 5.97 Å². The van der Waals surface area contributed by atoms with Gasteiger partial charge in [-0.1, -0.05) is 25.6 Å². The van der Waals surface area contributed by atoms with Gasteiger partial charge in [-0.15, -0.1) is 10.2 Å². The number of thioether (sulfide) groups is 1. The molecule has 2 heterocycles. The molecule has 0 aromatic carbocycles. The topological polar surface area (TPSA) is 107 Å². The number of pyridine rings is 1. The summed E-state index contributed by atoms with van der Waals surface area (Å²) < 4.78 is 10.2. The Morgan fingerprint density at radius 1 is 1.36 bits per heavy atom. The van der Waals surface area contributed by atoms with Gasteiger partial charge in [0.05, 0.1) is 18.4 Å². The molecule has 2 rings (SSSR count). The van der Waals surface area contributed by atoms with E-state index < -0.39 is 12.0 Å². The highest BCUT2D eigenvalue weighted by molar-refractivity contribution is 7.99. The predicted molar refractivity (Wildman–Crippen MR) is 91.7 cm³/mol. The molecular weight excluding hydrogens is 344 g/mol. The number of rotatable bonds is 8. The third kappa shape index (κ3) is 5.86. The first-order valence-electron chi connectivity index (χ1n) is 7.73. The number of nitrogens with one attached hydrogen (secondary N) is 1. The Morgan fingerprint density at radius 2 is 2.16 bits per heavy atom. The normalized spacial score (nSPS) is 12.0. The van der Waals surface area contributed by atoms with Crippen LogP contribution >= 0.6 is 11.8 Å². The van der Waals surface area contributed by atoms with Crippen LogP contribution < -0.4 is 5.32 Å². The fourth-order valence-electron chi connectivity index (χ4n) is 2.07. The molecule has 0 saturated heterocycles. The molecule has 0 saturated carbocycles. The summed E-state index contributed by atoms with van der Waals surface area (Å²) in [5, 5.41) is 10.8. The standard InChI is InChI=1S/C16H20N4O4S/c1-10(2)7-12(15(22)23-3)18-13(21)9-25-16-20-19-14(24-16)11-5-4-6-17-8-11/h4-6,8,10,12H,7,9H2,1-3H3,(H,18,21)/t12-/m1/s1. The Bertz CT molecular complexity index is 705. The monoisotopic (exact) mass is 364 g/mol. The van der Waals surface area contributed by atoms with Crippen molar-refractivity contribution < 1.29 is 18.7 Å². The molecule has 8 nitrogen and oxygen atoms in total. The average Bonchev–Trinajstić information content (AvgIpc) is 3.08. The van der Waals surface area contributed by atoms with E-state index in [4.69, 9.17) is 9.15 Å². The summed E-state index contributed by atoms with van der Waals surface area (Å²) in [5.74, 6) is -0.121. The van der Waals surface area contributed by atoms with Crippen LogP contribution in [0, 0.1) is 5.92 Å². The predicted octanol–water partition coefficient (Wildman–Crippen LogP) is 1.93. The van der Waals surface area contributed by atoms with Crippen LogP contribution in [0.15, 0.2) is 34.2 Å². The number of hydrogen-bond acceptors (Lipinski definition) is 8. The van der Waals surface area contributed by atoms with Crippen LogP contribution in [0.1, 0.15) is 20.3 Å². The van der Waals surface area contributed by atoms with Crippen molar-refractivity contribution in [1.82, 2.24) is 20.5 Å². The third-order valence-corrected chi connectivity index (χ3v) is 3.99. The molecule has 1 atom stereocenters. The van der Waals surface area contributed by atoms with E-state index in [0.717, 1.165) is 11.8 Å². The summed E-state index contributed by atoms with van der Waals surface area (Å²) in [5.41, 5.74) is 0.703. The summed E-state index contributed by atoms with van der Waals surface area (Å²) in [4.78, 5) is 27.8. The SMILES string of the molecule is COC(=O)[C@@H](CC(C)C)NC(=O)CSc1nnc(-c2cccnc2)o1. The van der Waals surface area contributed by atoms with E-state index in [1.807, 2.05) is 13.8 Å². The molecule has 0 aliphatic heterocycles. The molecular formula is C16H20N4O4S. The minimum absolute atomic E-state index is 0.0558. The fraction of sp³-hybridized carbons (Fsp3) is 0.438. The van der Waals surface area contributed by atoms with E-state index in [2.05, 4.69) is 20.5 Å². The third-order valence-electron chi connectivity index (χ3n) is 3.17. The summed E-state index contributed by atoms with van der Waals surface area (Å²) in [6.45, 7) is 3.94. The maximum absolute atomic E-state index is 12.1. The maximum atomic E-state index is 12.1. The minimum atomic E-state index is -0.660. The fourth-order valence-corrected chi connectivity index (χ4v) is 2.64. The molecule has 1 amide bonds. The molecule has 0 fully saturated rings. The smallest absolute Gasteiger partial charge is 0.328 e. The second-order valence-electron chi connectivity index (χ2n) is 5.68. The van der Waals surface area contributed by atoms with Crippen molar-refractivity contribution in [2.24, 2.45) is 5.92 Å². The van der Waals surface area contributed by atoms with Gasteiger partial charge in [-0.2, -0.15) is 0 Å². The van der Waals surface area contributed by atoms with Crippen LogP contribution in [0.2, 0.25) is 0 Å². The lowest BCUT2D eigenvalue weighted by atomic mass is 10.0. The van der Waals surface area contributed by atoms with E-state index >= 15 is 0 Å². The van der Waals surface area contributed by atoms with Gasteiger partial charge in [-0.05, 0) is 24.5 Å².